The van der Waals surface area contributed by atoms with Crippen LogP contribution in [-0.4, -0.2) is 15.7 Å². The average molecular weight is 330 g/mol. The fraction of sp³-hybridized carbons (Fsp3) is 0.0909. The number of benzene rings is 1. The zero-order valence-electron chi connectivity index (χ0n) is 9.23. The monoisotopic (exact) mass is 328 g/mol. The fourth-order valence-corrected chi connectivity index (χ4v) is 1.91. The molecule has 3 N–H and O–H groups in total. The Morgan fingerprint density at radius 3 is 2.94 bits per heavy atom. The van der Waals surface area contributed by atoms with E-state index in [9.17, 15) is 4.79 Å². The van der Waals surface area contributed by atoms with E-state index in [1.807, 2.05) is 0 Å². The highest BCUT2D eigenvalue weighted by Gasteiger charge is 2.07. The Balaban J connectivity index is 2.01. The minimum Gasteiger partial charge on any atom is -0.381 e. The van der Waals surface area contributed by atoms with Crippen LogP contribution in [0.1, 0.15) is 0 Å². The van der Waals surface area contributed by atoms with Gasteiger partial charge in [0, 0.05) is 16.9 Å². The van der Waals surface area contributed by atoms with Crippen LogP contribution in [0.25, 0.3) is 0 Å². The van der Waals surface area contributed by atoms with Crippen LogP contribution in [-0.2, 0) is 11.3 Å². The van der Waals surface area contributed by atoms with Crippen molar-refractivity contribution < 1.29 is 4.79 Å². The number of amides is 1. The minimum absolute atomic E-state index is 0.0856. The lowest BCUT2D eigenvalue weighted by Gasteiger charge is -2.05. The summed E-state index contributed by atoms with van der Waals surface area (Å²) >= 11 is 9.05. The molecule has 0 fully saturated rings. The zero-order chi connectivity index (χ0) is 13.1. The first kappa shape index (κ1) is 12.9. The number of anilines is 2. The van der Waals surface area contributed by atoms with Crippen molar-refractivity contribution in [3.05, 3.63) is 40.0 Å². The number of rotatable bonds is 3. The molecule has 94 valence electrons. The first-order valence-electron chi connectivity index (χ1n) is 5.08. The predicted molar refractivity (Wildman–Crippen MR) is 74.4 cm³/mol. The number of nitrogen functional groups attached to an aromatic ring is 1. The number of nitrogens with zero attached hydrogens (tertiary/aromatic N) is 2. The molecule has 0 aliphatic heterocycles. The van der Waals surface area contributed by atoms with E-state index < -0.39 is 0 Å². The average Bonchev–Trinajstić information content (AvgIpc) is 2.57. The number of hydrogen-bond donors (Lipinski definition) is 2. The van der Waals surface area contributed by atoms with E-state index in [1.165, 1.54) is 4.68 Å². The maximum Gasteiger partial charge on any atom is 0.246 e. The summed E-state index contributed by atoms with van der Waals surface area (Å²) in [5, 5.41) is 7.26. The highest BCUT2D eigenvalue weighted by Crippen LogP contribution is 2.17. The third kappa shape index (κ3) is 3.24. The third-order valence-corrected chi connectivity index (χ3v) is 3.00. The molecule has 5 nitrogen and oxygen atoms in total. The number of aromatic nitrogens is 2. The van der Waals surface area contributed by atoms with Gasteiger partial charge in [0.2, 0.25) is 5.91 Å². The molecule has 0 bridgehead atoms. The summed E-state index contributed by atoms with van der Waals surface area (Å²) in [5.41, 5.74) is 6.21. The molecular weight excluding hydrogens is 320 g/mol. The van der Waals surface area contributed by atoms with Gasteiger partial charge in [-0.05, 0) is 34.1 Å². The second-order valence-corrected chi connectivity index (χ2v) is 4.91. The second kappa shape index (κ2) is 5.41. The van der Waals surface area contributed by atoms with Gasteiger partial charge in [0.25, 0.3) is 0 Å². The molecular formula is C11H10BrClN4O. The zero-order valence-corrected chi connectivity index (χ0v) is 11.6. The second-order valence-electron chi connectivity index (χ2n) is 3.62. The predicted octanol–water partition coefficient (Wildman–Crippen LogP) is 2.52. The van der Waals surface area contributed by atoms with E-state index in [-0.39, 0.29) is 12.5 Å². The Hall–Kier alpha value is -1.53. The number of carbonyl (C=O) groups is 1. The number of halogens is 2. The van der Waals surface area contributed by atoms with Gasteiger partial charge in [0.1, 0.15) is 6.54 Å². The van der Waals surface area contributed by atoms with Gasteiger partial charge in [-0.1, -0.05) is 17.7 Å². The quantitative estimate of drug-likeness (QED) is 0.909. The van der Waals surface area contributed by atoms with Gasteiger partial charge in [-0.2, -0.15) is 5.10 Å². The molecule has 1 aromatic heterocycles. The van der Waals surface area contributed by atoms with Gasteiger partial charge in [-0.15, -0.1) is 0 Å². The van der Waals surface area contributed by atoms with E-state index in [0.717, 1.165) is 0 Å². The Kier molecular flexibility index (Phi) is 3.88. The van der Waals surface area contributed by atoms with Crippen LogP contribution >= 0.6 is 27.5 Å². The highest BCUT2D eigenvalue weighted by atomic mass is 79.9. The molecule has 0 unspecified atom stereocenters. The van der Waals surface area contributed by atoms with E-state index in [1.54, 1.807) is 30.5 Å². The molecule has 1 heterocycles. The smallest absolute Gasteiger partial charge is 0.246 e. The molecule has 0 spiro atoms. The van der Waals surface area contributed by atoms with Gasteiger partial charge in [0.15, 0.2) is 5.82 Å². The number of nitrogens with one attached hydrogen (secondary N) is 1. The summed E-state index contributed by atoms with van der Waals surface area (Å²) in [4.78, 5) is 11.7. The van der Waals surface area contributed by atoms with E-state index >= 15 is 0 Å². The third-order valence-electron chi connectivity index (χ3n) is 2.16. The summed E-state index contributed by atoms with van der Waals surface area (Å²) in [6.07, 6.45) is 1.65. The van der Waals surface area contributed by atoms with Gasteiger partial charge >= 0.3 is 0 Å². The van der Waals surface area contributed by atoms with E-state index in [4.69, 9.17) is 17.3 Å². The van der Waals surface area contributed by atoms with Crippen LogP contribution < -0.4 is 11.1 Å². The van der Waals surface area contributed by atoms with Crippen molar-refractivity contribution in [1.29, 1.82) is 0 Å². The van der Waals surface area contributed by atoms with Crippen molar-refractivity contribution in [1.82, 2.24) is 9.78 Å². The van der Waals surface area contributed by atoms with Gasteiger partial charge in [0.05, 0.1) is 4.47 Å². The Morgan fingerprint density at radius 1 is 1.56 bits per heavy atom. The van der Waals surface area contributed by atoms with Crippen LogP contribution in [0.2, 0.25) is 5.02 Å². The van der Waals surface area contributed by atoms with Crippen LogP contribution in [0.5, 0.6) is 0 Å². The fourth-order valence-electron chi connectivity index (χ4n) is 1.41. The molecule has 18 heavy (non-hydrogen) atoms. The van der Waals surface area contributed by atoms with Crippen molar-refractivity contribution >= 4 is 44.9 Å². The molecule has 0 atom stereocenters. The van der Waals surface area contributed by atoms with Crippen molar-refractivity contribution in [3.8, 4) is 0 Å². The van der Waals surface area contributed by atoms with Crippen molar-refractivity contribution in [2.45, 2.75) is 6.54 Å². The first-order chi connectivity index (χ1) is 8.54. The van der Waals surface area contributed by atoms with Crippen molar-refractivity contribution in [3.63, 3.8) is 0 Å². The first-order valence-corrected chi connectivity index (χ1v) is 6.25. The van der Waals surface area contributed by atoms with E-state index in [2.05, 4.69) is 26.3 Å². The largest absolute Gasteiger partial charge is 0.381 e. The Bertz CT molecular complexity index is 565. The Labute approximate surface area is 117 Å². The molecule has 0 saturated heterocycles. The summed E-state index contributed by atoms with van der Waals surface area (Å²) in [6, 6.07) is 6.94. The molecule has 0 saturated carbocycles. The lowest BCUT2D eigenvalue weighted by Crippen LogP contribution is -2.19. The van der Waals surface area contributed by atoms with Crippen LogP contribution in [0, 0.1) is 0 Å². The van der Waals surface area contributed by atoms with Gasteiger partial charge in [-0.25, -0.2) is 0 Å². The lowest BCUT2D eigenvalue weighted by atomic mass is 10.3. The Morgan fingerprint density at radius 2 is 2.33 bits per heavy atom. The molecule has 0 aliphatic carbocycles. The van der Waals surface area contributed by atoms with Crippen molar-refractivity contribution in [2.75, 3.05) is 11.1 Å². The molecule has 7 heteroatoms. The highest BCUT2D eigenvalue weighted by molar-refractivity contribution is 9.10. The maximum atomic E-state index is 11.7. The van der Waals surface area contributed by atoms with Gasteiger partial charge < -0.3 is 11.1 Å². The standard InChI is InChI=1S/C11H10BrClN4O/c12-9-5-17(16-11(9)14)6-10(18)15-8-3-1-2-7(13)4-8/h1-5H,6H2,(H2,14,16)(H,15,18). The van der Waals surface area contributed by atoms with Crippen LogP contribution in [0.3, 0.4) is 0 Å². The summed E-state index contributed by atoms with van der Waals surface area (Å²) in [6.45, 7) is 0.0856. The number of carbonyl (C=O) groups excluding carboxylic acids is 1. The number of hydrogen-bond acceptors (Lipinski definition) is 3. The SMILES string of the molecule is Nc1nn(CC(=O)Nc2cccc(Cl)c2)cc1Br. The topological polar surface area (TPSA) is 72.9 Å². The molecule has 1 amide bonds. The molecule has 2 aromatic rings. The normalized spacial score (nSPS) is 10.3. The maximum absolute atomic E-state index is 11.7. The minimum atomic E-state index is -0.202. The summed E-state index contributed by atoms with van der Waals surface area (Å²) in [5.74, 6) is 0.151. The molecule has 0 aliphatic rings. The summed E-state index contributed by atoms with van der Waals surface area (Å²) in [7, 11) is 0. The van der Waals surface area contributed by atoms with Crippen LogP contribution in [0.15, 0.2) is 34.9 Å². The van der Waals surface area contributed by atoms with E-state index in [0.29, 0.717) is 21.0 Å². The molecule has 2 rings (SSSR count). The lowest BCUT2D eigenvalue weighted by molar-refractivity contribution is -0.116. The summed E-state index contributed by atoms with van der Waals surface area (Å²) < 4.78 is 2.12. The van der Waals surface area contributed by atoms with Crippen molar-refractivity contribution in [2.24, 2.45) is 0 Å². The molecule has 0 radical (unpaired) electrons. The number of nitrogens with two attached hydrogens (primary N) is 1. The van der Waals surface area contributed by atoms with Gasteiger partial charge in [-0.3, -0.25) is 9.48 Å². The van der Waals surface area contributed by atoms with Crippen LogP contribution in [0.4, 0.5) is 11.5 Å². The molecule has 1 aromatic carbocycles.